The van der Waals surface area contributed by atoms with E-state index in [0.717, 1.165) is 32.4 Å². The first kappa shape index (κ1) is 11.2. The highest BCUT2D eigenvalue weighted by molar-refractivity contribution is 5.29. The summed E-state index contributed by atoms with van der Waals surface area (Å²) in [6.45, 7) is 2.01. The quantitative estimate of drug-likeness (QED) is 0.756. The van der Waals surface area contributed by atoms with E-state index in [0.29, 0.717) is 0 Å². The van der Waals surface area contributed by atoms with Gasteiger partial charge < -0.3 is 10.8 Å². The van der Waals surface area contributed by atoms with Crippen LogP contribution in [0.3, 0.4) is 0 Å². The Labute approximate surface area is 102 Å². The van der Waals surface area contributed by atoms with Crippen LogP contribution in [-0.2, 0) is 13.0 Å². The predicted octanol–water partition coefficient (Wildman–Crippen LogP) is 0.895. The third-order valence-electron chi connectivity index (χ3n) is 4.16. The van der Waals surface area contributed by atoms with E-state index in [-0.39, 0.29) is 18.2 Å². The molecule has 3 rings (SSSR count). The van der Waals surface area contributed by atoms with E-state index >= 15 is 0 Å². The van der Waals surface area contributed by atoms with Crippen molar-refractivity contribution in [3.8, 4) is 0 Å². The molecule has 1 aromatic carbocycles. The van der Waals surface area contributed by atoms with Crippen molar-refractivity contribution >= 4 is 0 Å². The minimum absolute atomic E-state index is 0.173. The fourth-order valence-electron chi connectivity index (χ4n) is 3.22. The molecule has 1 heterocycles. The normalized spacial score (nSPS) is 33.6. The van der Waals surface area contributed by atoms with Gasteiger partial charge in [-0.05, 0) is 30.4 Å². The molecule has 1 saturated carbocycles. The Bertz CT molecular complexity index is 407. The average Bonchev–Trinajstić information content (AvgIpc) is 2.68. The molecule has 2 aliphatic rings. The number of fused-ring (bicyclic) bond motifs is 1. The Balaban J connectivity index is 1.76. The third kappa shape index (κ3) is 2.10. The highest BCUT2D eigenvalue weighted by Crippen LogP contribution is 2.28. The molecule has 0 radical (unpaired) electrons. The summed E-state index contributed by atoms with van der Waals surface area (Å²) in [6.07, 6.45) is 2.54. The zero-order valence-corrected chi connectivity index (χ0v) is 10.0. The van der Waals surface area contributed by atoms with E-state index in [2.05, 4.69) is 29.2 Å². The molecular formula is C14H20N2O. The van der Waals surface area contributed by atoms with Gasteiger partial charge in [0, 0.05) is 25.2 Å². The molecule has 0 spiro atoms. The smallest absolute Gasteiger partial charge is 0.0710 e. The van der Waals surface area contributed by atoms with E-state index < -0.39 is 0 Å². The van der Waals surface area contributed by atoms with E-state index in [1.807, 2.05) is 0 Å². The summed E-state index contributed by atoms with van der Waals surface area (Å²) in [4.78, 5) is 2.40. The van der Waals surface area contributed by atoms with E-state index in [1.54, 1.807) is 0 Å². The van der Waals surface area contributed by atoms with Crippen molar-refractivity contribution in [1.82, 2.24) is 4.90 Å². The van der Waals surface area contributed by atoms with Crippen LogP contribution < -0.4 is 5.73 Å². The van der Waals surface area contributed by atoms with Gasteiger partial charge >= 0.3 is 0 Å². The summed E-state index contributed by atoms with van der Waals surface area (Å²) in [5.41, 5.74) is 8.80. The summed E-state index contributed by atoms with van der Waals surface area (Å²) in [5.74, 6) is 0. The maximum Gasteiger partial charge on any atom is 0.0710 e. The Morgan fingerprint density at radius 1 is 1.18 bits per heavy atom. The fourth-order valence-corrected chi connectivity index (χ4v) is 3.22. The lowest BCUT2D eigenvalue weighted by Gasteiger charge is -2.35. The molecule has 1 aromatic rings. The minimum atomic E-state index is -0.240. The number of hydrogen-bond acceptors (Lipinski definition) is 3. The minimum Gasteiger partial charge on any atom is -0.391 e. The van der Waals surface area contributed by atoms with E-state index in [4.69, 9.17) is 5.73 Å². The second kappa shape index (κ2) is 4.41. The van der Waals surface area contributed by atoms with Gasteiger partial charge in [0.15, 0.2) is 0 Å². The van der Waals surface area contributed by atoms with E-state index in [9.17, 15) is 5.11 Å². The number of nitrogens with zero attached hydrogens (tertiary/aromatic N) is 1. The molecule has 0 bridgehead atoms. The molecule has 92 valence electrons. The van der Waals surface area contributed by atoms with Crippen LogP contribution in [0.4, 0.5) is 0 Å². The fraction of sp³-hybridized carbons (Fsp3) is 0.571. The molecule has 0 amide bonds. The van der Waals surface area contributed by atoms with Crippen LogP contribution in [0.25, 0.3) is 0 Å². The van der Waals surface area contributed by atoms with Crippen LogP contribution in [0.15, 0.2) is 24.3 Å². The van der Waals surface area contributed by atoms with Crippen LogP contribution in [0, 0.1) is 0 Å². The van der Waals surface area contributed by atoms with Gasteiger partial charge in [0.2, 0.25) is 0 Å². The molecule has 0 saturated heterocycles. The summed E-state index contributed by atoms with van der Waals surface area (Å²) in [6, 6.07) is 9.05. The van der Waals surface area contributed by atoms with Crippen molar-refractivity contribution in [3.63, 3.8) is 0 Å². The number of aliphatic hydroxyl groups is 1. The summed E-state index contributed by atoms with van der Waals surface area (Å²) >= 11 is 0. The van der Waals surface area contributed by atoms with Crippen molar-refractivity contribution in [3.05, 3.63) is 35.4 Å². The molecule has 1 aliphatic heterocycles. The topological polar surface area (TPSA) is 49.5 Å². The maximum atomic E-state index is 10.0. The summed E-state index contributed by atoms with van der Waals surface area (Å²) in [7, 11) is 0. The zero-order valence-electron chi connectivity index (χ0n) is 10.0. The first-order valence-corrected chi connectivity index (χ1v) is 6.48. The van der Waals surface area contributed by atoms with Gasteiger partial charge in [-0.2, -0.15) is 0 Å². The number of aliphatic hydroxyl groups excluding tert-OH is 1. The number of hydrogen-bond donors (Lipinski definition) is 2. The number of benzene rings is 1. The van der Waals surface area contributed by atoms with Crippen LogP contribution in [0.1, 0.15) is 24.0 Å². The van der Waals surface area contributed by atoms with Gasteiger partial charge in [0.1, 0.15) is 0 Å². The summed E-state index contributed by atoms with van der Waals surface area (Å²) in [5, 5.41) is 10.0. The Kier molecular flexibility index (Phi) is 2.90. The van der Waals surface area contributed by atoms with E-state index in [1.165, 1.54) is 11.1 Å². The van der Waals surface area contributed by atoms with Gasteiger partial charge in [0.05, 0.1) is 6.10 Å². The molecule has 1 fully saturated rings. The van der Waals surface area contributed by atoms with Gasteiger partial charge in [-0.15, -0.1) is 0 Å². The molecule has 3 N–H and O–H groups in total. The van der Waals surface area contributed by atoms with Crippen LogP contribution in [-0.4, -0.2) is 34.7 Å². The molecule has 0 unspecified atom stereocenters. The zero-order chi connectivity index (χ0) is 11.8. The largest absolute Gasteiger partial charge is 0.391 e. The lowest BCUT2D eigenvalue weighted by atomic mass is 9.98. The first-order valence-electron chi connectivity index (χ1n) is 6.48. The molecule has 0 aromatic heterocycles. The SMILES string of the molecule is N[C@@H]1C[C@H](O)[C@@H](N2CCc3ccccc3C2)C1. The highest BCUT2D eigenvalue weighted by Gasteiger charge is 2.36. The van der Waals surface area contributed by atoms with Crippen LogP contribution in [0.5, 0.6) is 0 Å². The van der Waals surface area contributed by atoms with Gasteiger partial charge in [0.25, 0.3) is 0 Å². The molecular weight excluding hydrogens is 212 g/mol. The molecule has 3 atom stereocenters. The lowest BCUT2D eigenvalue weighted by molar-refractivity contribution is 0.0626. The Morgan fingerprint density at radius 3 is 2.65 bits per heavy atom. The van der Waals surface area contributed by atoms with Gasteiger partial charge in [-0.3, -0.25) is 4.90 Å². The summed E-state index contributed by atoms with van der Waals surface area (Å²) < 4.78 is 0. The monoisotopic (exact) mass is 232 g/mol. The maximum absolute atomic E-state index is 10.0. The predicted molar refractivity (Wildman–Crippen MR) is 67.6 cm³/mol. The van der Waals surface area contributed by atoms with Gasteiger partial charge in [-0.1, -0.05) is 24.3 Å². The lowest BCUT2D eigenvalue weighted by Crippen LogP contribution is -2.43. The average molecular weight is 232 g/mol. The Hall–Kier alpha value is -0.900. The molecule has 1 aliphatic carbocycles. The van der Waals surface area contributed by atoms with Crippen molar-refractivity contribution < 1.29 is 5.11 Å². The van der Waals surface area contributed by atoms with Crippen molar-refractivity contribution in [2.24, 2.45) is 5.73 Å². The second-order valence-corrected chi connectivity index (χ2v) is 5.36. The molecule has 3 nitrogen and oxygen atoms in total. The van der Waals surface area contributed by atoms with Crippen LogP contribution in [0.2, 0.25) is 0 Å². The first-order chi connectivity index (χ1) is 8.24. The van der Waals surface area contributed by atoms with Crippen molar-refractivity contribution in [2.75, 3.05) is 6.54 Å². The number of nitrogens with two attached hydrogens (primary N) is 1. The highest BCUT2D eigenvalue weighted by atomic mass is 16.3. The standard InChI is InChI=1S/C14H20N2O/c15-12-7-13(14(17)8-12)16-6-5-10-3-1-2-4-11(10)9-16/h1-4,12-14,17H,5-9,15H2/t12-,13-,14-/m0/s1. The number of rotatable bonds is 1. The third-order valence-corrected chi connectivity index (χ3v) is 4.16. The van der Waals surface area contributed by atoms with Crippen molar-refractivity contribution in [2.45, 2.75) is 44.0 Å². The second-order valence-electron chi connectivity index (χ2n) is 5.36. The molecule has 3 heteroatoms. The van der Waals surface area contributed by atoms with Gasteiger partial charge in [-0.25, -0.2) is 0 Å². The Morgan fingerprint density at radius 2 is 1.94 bits per heavy atom. The van der Waals surface area contributed by atoms with Crippen LogP contribution >= 0.6 is 0 Å². The molecule has 17 heavy (non-hydrogen) atoms. The van der Waals surface area contributed by atoms with Crippen molar-refractivity contribution in [1.29, 1.82) is 0 Å².